The average molecular weight is 546 g/mol. The van der Waals surface area contributed by atoms with Gasteiger partial charge in [0.2, 0.25) is 5.91 Å². The quantitative estimate of drug-likeness (QED) is 0.299. The lowest BCUT2D eigenvalue weighted by Crippen LogP contribution is -2.35. The maximum atomic E-state index is 12.7. The summed E-state index contributed by atoms with van der Waals surface area (Å²) < 4.78 is 44.0. The maximum Gasteiger partial charge on any atom is 0.422 e. The molecule has 1 amide bonds. The van der Waals surface area contributed by atoms with Crippen molar-refractivity contribution in [1.82, 2.24) is 14.9 Å². The number of carbonyl (C=O) groups is 1. The summed E-state index contributed by atoms with van der Waals surface area (Å²) in [5.41, 5.74) is 0.0306. The molecular weight excluding hydrogens is 526 g/mol. The molecule has 0 aliphatic rings. The first-order valence-corrected chi connectivity index (χ1v) is 11.2. The van der Waals surface area contributed by atoms with Crippen molar-refractivity contribution in [1.29, 1.82) is 0 Å². The molecule has 0 saturated carbocycles. The minimum Gasteiger partial charge on any atom is -0.619 e. The van der Waals surface area contributed by atoms with Crippen LogP contribution in [0.1, 0.15) is 11.3 Å². The third-order valence-corrected chi connectivity index (χ3v) is 5.31. The minimum absolute atomic E-state index is 0.0711. The van der Waals surface area contributed by atoms with Gasteiger partial charge in [0.05, 0.1) is 12.6 Å². The molecule has 0 spiro atoms. The number of halogens is 5. The Morgan fingerprint density at radius 2 is 2.00 bits per heavy atom. The molecule has 2 aromatic heterocycles. The Bertz CT molecular complexity index is 1290. The van der Waals surface area contributed by atoms with Gasteiger partial charge in [0.15, 0.2) is 24.3 Å². The molecule has 0 fully saturated rings. The molecule has 0 unspecified atom stereocenters. The number of pyridine rings is 1. The first kappa shape index (κ1) is 27.1. The van der Waals surface area contributed by atoms with Gasteiger partial charge in [0.1, 0.15) is 17.4 Å². The zero-order valence-corrected chi connectivity index (χ0v) is 20.0. The minimum atomic E-state index is -4.54. The summed E-state index contributed by atoms with van der Waals surface area (Å²) in [5, 5.41) is 17.2. The van der Waals surface area contributed by atoms with Crippen molar-refractivity contribution >= 4 is 34.9 Å². The Morgan fingerprint density at radius 1 is 1.22 bits per heavy atom. The van der Waals surface area contributed by atoms with E-state index in [4.69, 9.17) is 27.9 Å². The standard InChI is InChI=1S/C22H20Cl2F3N5O4/c23-15-4-5-17(36-13-22(25,26)27)14(9-15)10-29-19(33)12-31-18(24)11-30-20(21(31)34)28-7-6-16-3-1-2-8-32(16)35/h1-5,8-9,11H,6-7,10,12-13H2,(H,28,30)(H,29,33). The highest BCUT2D eigenvalue weighted by Crippen LogP contribution is 2.25. The summed E-state index contributed by atoms with van der Waals surface area (Å²) in [7, 11) is 0. The molecule has 0 atom stereocenters. The number of carbonyl (C=O) groups excluding carboxylic acids is 1. The monoisotopic (exact) mass is 545 g/mol. The van der Waals surface area contributed by atoms with Gasteiger partial charge in [-0.15, -0.1) is 0 Å². The van der Waals surface area contributed by atoms with Gasteiger partial charge >= 0.3 is 6.18 Å². The highest BCUT2D eigenvalue weighted by Gasteiger charge is 2.29. The van der Waals surface area contributed by atoms with Crippen LogP contribution < -0.4 is 25.7 Å². The molecule has 14 heteroatoms. The molecule has 192 valence electrons. The molecular formula is C22H20Cl2F3N5O4. The lowest BCUT2D eigenvalue weighted by Gasteiger charge is -2.15. The second kappa shape index (κ2) is 12.0. The van der Waals surface area contributed by atoms with Gasteiger partial charge in [-0.25, -0.2) is 4.98 Å². The van der Waals surface area contributed by atoms with E-state index < -0.39 is 30.8 Å². The second-order valence-electron chi connectivity index (χ2n) is 7.45. The van der Waals surface area contributed by atoms with Crippen LogP contribution in [0.2, 0.25) is 10.2 Å². The summed E-state index contributed by atoms with van der Waals surface area (Å²) in [4.78, 5) is 29.2. The van der Waals surface area contributed by atoms with Gasteiger partial charge in [0.25, 0.3) is 5.56 Å². The highest BCUT2D eigenvalue weighted by atomic mass is 35.5. The predicted molar refractivity (Wildman–Crippen MR) is 126 cm³/mol. The van der Waals surface area contributed by atoms with Crippen LogP contribution in [0.4, 0.5) is 19.0 Å². The van der Waals surface area contributed by atoms with Gasteiger partial charge in [0, 0.05) is 35.8 Å². The Labute approximate surface area is 213 Å². The van der Waals surface area contributed by atoms with Crippen molar-refractivity contribution in [3.63, 3.8) is 0 Å². The van der Waals surface area contributed by atoms with Crippen LogP contribution in [0.5, 0.6) is 5.75 Å². The van der Waals surface area contributed by atoms with Crippen LogP contribution >= 0.6 is 23.2 Å². The fraction of sp³-hybridized carbons (Fsp3) is 0.273. The molecule has 0 radical (unpaired) electrons. The highest BCUT2D eigenvalue weighted by molar-refractivity contribution is 6.30. The Morgan fingerprint density at radius 3 is 2.72 bits per heavy atom. The molecule has 0 saturated heterocycles. The first-order valence-electron chi connectivity index (χ1n) is 10.4. The lowest BCUT2D eigenvalue weighted by atomic mass is 10.2. The van der Waals surface area contributed by atoms with Crippen molar-refractivity contribution in [2.75, 3.05) is 18.5 Å². The van der Waals surface area contributed by atoms with E-state index >= 15 is 0 Å². The number of ether oxygens (including phenoxy) is 1. The van der Waals surface area contributed by atoms with Crippen molar-refractivity contribution < 1.29 is 27.4 Å². The number of aromatic nitrogens is 3. The van der Waals surface area contributed by atoms with Crippen LogP contribution in [-0.4, -0.2) is 34.8 Å². The number of nitrogens with one attached hydrogen (secondary N) is 2. The number of hydrogen-bond donors (Lipinski definition) is 2. The predicted octanol–water partition coefficient (Wildman–Crippen LogP) is 3.10. The Kier molecular flexibility index (Phi) is 8.99. The second-order valence-corrected chi connectivity index (χ2v) is 8.27. The zero-order valence-electron chi connectivity index (χ0n) is 18.5. The molecule has 9 nitrogen and oxygen atoms in total. The summed E-state index contributed by atoms with van der Waals surface area (Å²) >= 11 is 12.0. The smallest absolute Gasteiger partial charge is 0.422 e. The number of hydrogen-bond acceptors (Lipinski definition) is 6. The molecule has 0 bridgehead atoms. The normalized spacial score (nSPS) is 11.2. The van der Waals surface area contributed by atoms with Crippen molar-refractivity contribution in [2.45, 2.75) is 25.7 Å². The van der Waals surface area contributed by atoms with E-state index in [1.54, 1.807) is 18.2 Å². The number of nitrogens with zero attached hydrogens (tertiary/aromatic N) is 3. The van der Waals surface area contributed by atoms with E-state index in [1.165, 1.54) is 30.6 Å². The molecule has 1 aromatic carbocycles. The van der Waals surface area contributed by atoms with Gasteiger partial charge in [-0.2, -0.15) is 17.9 Å². The fourth-order valence-electron chi connectivity index (χ4n) is 3.08. The topological polar surface area (TPSA) is 112 Å². The van der Waals surface area contributed by atoms with Gasteiger partial charge < -0.3 is 20.6 Å². The molecule has 3 rings (SSSR count). The average Bonchev–Trinajstić information content (AvgIpc) is 2.82. The molecule has 3 aromatic rings. The Balaban J connectivity index is 1.63. The molecule has 36 heavy (non-hydrogen) atoms. The maximum absolute atomic E-state index is 12.7. The van der Waals surface area contributed by atoms with Gasteiger partial charge in [-0.05, 0) is 18.2 Å². The van der Waals surface area contributed by atoms with Crippen molar-refractivity contribution in [3.05, 3.63) is 85.8 Å². The van der Waals surface area contributed by atoms with E-state index in [9.17, 15) is 28.0 Å². The van der Waals surface area contributed by atoms with Crippen LogP contribution in [0.25, 0.3) is 0 Å². The van der Waals surface area contributed by atoms with Crippen LogP contribution in [-0.2, 0) is 24.3 Å². The van der Waals surface area contributed by atoms with E-state index in [0.29, 0.717) is 16.8 Å². The lowest BCUT2D eigenvalue weighted by molar-refractivity contribution is -0.613. The summed E-state index contributed by atoms with van der Waals surface area (Å²) in [6.07, 6.45) is -1.68. The van der Waals surface area contributed by atoms with Crippen LogP contribution in [0, 0.1) is 5.21 Å². The van der Waals surface area contributed by atoms with E-state index in [-0.39, 0.29) is 40.4 Å². The van der Waals surface area contributed by atoms with E-state index in [0.717, 1.165) is 4.57 Å². The van der Waals surface area contributed by atoms with Gasteiger partial charge in [-0.3, -0.25) is 14.2 Å². The largest absolute Gasteiger partial charge is 0.619 e. The Hall–Kier alpha value is -3.51. The molecule has 2 heterocycles. The number of anilines is 1. The fourth-order valence-corrected chi connectivity index (χ4v) is 3.46. The third-order valence-electron chi connectivity index (χ3n) is 4.78. The van der Waals surface area contributed by atoms with Gasteiger partial charge in [-0.1, -0.05) is 29.3 Å². The third kappa shape index (κ3) is 7.75. The number of amides is 1. The number of benzene rings is 1. The SMILES string of the molecule is O=C(Cn1c(Cl)cnc(NCCc2cccc[n+]2[O-])c1=O)NCc1cc(Cl)ccc1OCC(F)(F)F. The summed E-state index contributed by atoms with van der Waals surface area (Å²) in [5.74, 6) is -0.812. The molecule has 2 N–H and O–H groups in total. The summed E-state index contributed by atoms with van der Waals surface area (Å²) in [6.45, 7) is -1.97. The first-order chi connectivity index (χ1) is 17.0. The van der Waals surface area contributed by atoms with E-state index in [1.807, 2.05) is 0 Å². The number of rotatable bonds is 10. The zero-order chi connectivity index (χ0) is 26.3. The molecule has 0 aliphatic heterocycles. The van der Waals surface area contributed by atoms with E-state index in [2.05, 4.69) is 15.6 Å². The van der Waals surface area contributed by atoms with Crippen LogP contribution in [0.3, 0.4) is 0 Å². The number of alkyl halides is 3. The van der Waals surface area contributed by atoms with Crippen molar-refractivity contribution in [2.24, 2.45) is 0 Å². The summed E-state index contributed by atoms with van der Waals surface area (Å²) in [6, 6.07) is 8.94. The van der Waals surface area contributed by atoms with Crippen LogP contribution in [0.15, 0.2) is 53.6 Å². The molecule has 0 aliphatic carbocycles. The van der Waals surface area contributed by atoms with Crippen molar-refractivity contribution in [3.8, 4) is 5.75 Å².